The fourth-order valence-corrected chi connectivity index (χ4v) is 3.34. The van der Waals surface area contributed by atoms with E-state index in [9.17, 15) is 13.2 Å². The van der Waals surface area contributed by atoms with Crippen molar-refractivity contribution in [3.63, 3.8) is 0 Å². The van der Waals surface area contributed by atoms with Gasteiger partial charge in [-0.15, -0.1) is 6.58 Å². The molecule has 3 unspecified atom stereocenters. The van der Waals surface area contributed by atoms with Gasteiger partial charge in [-0.2, -0.15) is 13.2 Å². The van der Waals surface area contributed by atoms with Gasteiger partial charge in [0.15, 0.2) is 0 Å². The van der Waals surface area contributed by atoms with Gasteiger partial charge >= 0.3 is 6.18 Å². The van der Waals surface area contributed by atoms with E-state index >= 15 is 0 Å². The van der Waals surface area contributed by atoms with Gasteiger partial charge in [0, 0.05) is 6.04 Å². The second-order valence-corrected chi connectivity index (χ2v) is 5.99. The van der Waals surface area contributed by atoms with Crippen LogP contribution in [0, 0.1) is 11.8 Å². The van der Waals surface area contributed by atoms with Gasteiger partial charge in [-0.05, 0) is 51.5 Å². The Morgan fingerprint density at radius 1 is 1.25 bits per heavy atom. The Balaban J connectivity index is 2.38. The number of allylic oxidation sites excluding steroid dienone is 1. The molecular formula is C16H28F3N. The van der Waals surface area contributed by atoms with E-state index in [4.69, 9.17) is 0 Å². The summed E-state index contributed by atoms with van der Waals surface area (Å²) in [7, 11) is 1.88. The molecule has 0 heterocycles. The molecule has 0 aromatic carbocycles. The van der Waals surface area contributed by atoms with Gasteiger partial charge in [0.1, 0.15) is 0 Å². The quantitative estimate of drug-likeness (QED) is 0.486. The Morgan fingerprint density at radius 2 is 2.00 bits per heavy atom. The van der Waals surface area contributed by atoms with E-state index in [0.717, 1.165) is 38.5 Å². The summed E-state index contributed by atoms with van der Waals surface area (Å²) in [6.45, 7) is 3.70. The zero-order valence-corrected chi connectivity index (χ0v) is 12.5. The largest absolute Gasteiger partial charge is 0.391 e. The molecule has 1 aliphatic carbocycles. The number of halogens is 3. The molecule has 1 fully saturated rings. The van der Waals surface area contributed by atoms with Crippen molar-refractivity contribution >= 4 is 0 Å². The molecule has 0 spiro atoms. The average molecular weight is 291 g/mol. The van der Waals surface area contributed by atoms with Crippen LogP contribution in [0.1, 0.15) is 57.8 Å². The van der Waals surface area contributed by atoms with Crippen LogP contribution in [0.25, 0.3) is 0 Å². The summed E-state index contributed by atoms with van der Waals surface area (Å²) in [5.41, 5.74) is 0. The SMILES string of the molecule is C=CCCCCCC(NC)C1CCCC(C(F)(F)F)C1. The summed E-state index contributed by atoms with van der Waals surface area (Å²) in [5.74, 6) is -0.905. The smallest absolute Gasteiger partial charge is 0.317 e. The molecule has 4 heteroatoms. The van der Waals surface area contributed by atoms with E-state index in [-0.39, 0.29) is 12.0 Å². The van der Waals surface area contributed by atoms with Crippen LogP contribution in [0.15, 0.2) is 12.7 Å². The molecule has 0 aliphatic heterocycles. The lowest BCUT2D eigenvalue weighted by Crippen LogP contribution is -2.39. The third-order valence-corrected chi connectivity index (χ3v) is 4.54. The summed E-state index contributed by atoms with van der Waals surface area (Å²) >= 11 is 0. The first kappa shape index (κ1) is 17.5. The van der Waals surface area contributed by atoms with E-state index in [1.54, 1.807) is 0 Å². The van der Waals surface area contributed by atoms with Crippen LogP contribution in [0.2, 0.25) is 0 Å². The number of rotatable bonds is 8. The van der Waals surface area contributed by atoms with Crippen LogP contribution in [0.3, 0.4) is 0 Å². The summed E-state index contributed by atoms with van der Waals surface area (Å²) in [6, 6.07) is 0.240. The first-order valence-electron chi connectivity index (χ1n) is 7.84. The number of unbranched alkanes of at least 4 members (excludes halogenated alkanes) is 3. The van der Waals surface area contributed by atoms with Gasteiger partial charge < -0.3 is 5.32 Å². The van der Waals surface area contributed by atoms with E-state index < -0.39 is 12.1 Å². The van der Waals surface area contributed by atoms with Crippen molar-refractivity contribution in [2.45, 2.75) is 70.0 Å². The predicted molar refractivity (Wildman–Crippen MR) is 77.6 cm³/mol. The molecule has 1 N–H and O–H groups in total. The topological polar surface area (TPSA) is 12.0 Å². The van der Waals surface area contributed by atoms with Gasteiger partial charge in [-0.25, -0.2) is 0 Å². The fourth-order valence-electron chi connectivity index (χ4n) is 3.34. The van der Waals surface area contributed by atoms with E-state index in [0.29, 0.717) is 19.3 Å². The van der Waals surface area contributed by atoms with E-state index in [1.807, 2.05) is 13.1 Å². The van der Waals surface area contributed by atoms with Crippen molar-refractivity contribution in [2.24, 2.45) is 11.8 Å². The number of hydrogen-bond donors (Lipinski definition) is 1. The molecule has 1 saturated carbocycles. The van der Waals surface area contributed by atoms with Crippen LogP contribution in [0.5, 0.6) is 0 Å². The summed E-state index contributed by atoms with van der Waals surface area (Å²) < 4.78 is 38.5. The van der Waals surface area contributed by atoms with Crippen molar-refractivity contribution in [3.05, 3.63) is 12.7 Å². The van der Waals surface area contributed by atoms with E-state index in [2.05, 4.69) is 11.9 Å². The van der Waals surface area contributed by atoms with Crippen LogP contribution in [-0.2, 0) is 0 Å². The number of hydrogen-bond acceptors (Lipinski definition) is 1. The van der Waals surface area contributed by atoms with Gasteiger partial charge in [0.2, 0.25) is 0 Å². The van der Waals surface area contributed by atoms with Crippen molar-refractivity contribution in [1.29, 1.82) is 0 Å². The highest BCUT2D eigenvalue weighted by molar-refractivity contribution is 4.84. The maximum absolute atomic E-state index is 12.8. The van der Waals surface area contributed by atoms with Crippen molar-refractivity contribution in [1.82, 2.24) is 5.32 Å². The first-order chi connectivity index (χ1) is 9.49. The minimum Gasteiger partial charge on any atom is -0.317 e. The maximum Gasteiger partial charge on any atom is 0.391 e. The van der Waals surface area contributed by atoms with Crippen LogP contribution in [-0.4, -0.2) is 19.3 Å². The lowest BCUT2D eigenvalue weighted by Gasteiger charge is -2.35. The Morgan fingerprint density at radius 3 is 2.60 bits per heavy atom. The van der Waals surface area contributed by atoms with Crippen molar-refractivity contribution < 1.29 is 13.2 Å². The third kappa shape index (κ3) is 5.86. The van der Waals surface area contributed by atoms with E-state index in [1.165, 1.54) is 0 Å². The molecule has 0 radical (unpaired) electrons. The molecule has 3 atom stereocenters. The molecular weight excluding hydrogens is 263 g/mol. The fraction of sp³-hybridized carbons (Fsp3) is 0.875. The Kier molecular flexibility index (Phi) is 7.63. The molecule has 0 aromatic heterocycles. The lowest BCUT2D eigenvalue weighted by molar-refractivity contribution is -0.186. The second-order valence-electron chi connectivity index (χ2n) is 5.99. The molecule has 0 bridgehead atoms. The monoisotopic (exact) mass is 291 g/mol. The molecule has 0 aromatic rings. The van der Waals surface area contributed by atoms with Crippen LogP contribution >= 0.6 is 0 Å². The average Bonchev–Trinajstić information content (AvgIpc) is 2.42. The highest BCUT2D eigenvalue weighted by atomic mass is 19.4. The van der Waals surface area contributed by atoms with Gasteiger partial charge in [-0.1, -0.05) is 25.3 Å². The first-order valence-corrected chi connectivity index (χ1v) is 7.84. The Labute approximate surface area is 121 Å². The van der Waals surface area contributed by atoms with Crippen molar-refractivity contribution in [2.75, 3.05) is 7.05 Å². The Hall–Kier alpha value is -0.510. The highest BCUT2D eigenvalue weighted by Gasteiger charge is 2.43. The lowest BCUT2D eigenvalue weighted by atomic mass is 9.76. The normalized spacial score (nSPS) is 25.4. The number of alkyl halides is 3. The molecule has 118 valence electrons. The molecule has 0 saturated heterocycles. The maximum atomic E-state index is 12.8. The zero-order valence-electron chi connectivity index (χ0n) is 12.5. The minimum absolute atomic E-state index is 0.180. The molecule has 1 rings (SSSR count). The van der Waals surface area contributed by atoms with Crippen molar-refractivity contribution in [3.8, 4) is 0 Å². The summed E-state index contributed by atoms with van der Waals surface area (Å²) in [5, 5.41) is 3.25. The summed E-state index contributed by atoms with van der Waals surface area (Å²) in [6.07, 6.45) is 5.56. The molecule has 1 nitrogen and oxygen atoms in total. The number of nitrogens with one attached hydrogen (secondary N) is 1. The predicted octanol–water partition coefficient (Wildman–Crippen LogP) is 5.08. The minimum atomic E-state index is -4.01. The third-order valence-electron chi connectivity index (χ3n) is 4.54. The molecule has 20 heavy (non-hydrogen) atoms. The molecule has 0 amide bonds. The summed E-state index contributed by atoms with van der Waals surface area (Å²) in [4.78, 5) is 0. The van der Waals surface area contributed by atoms with Crippen LogP contribution < -0.4 is 5.32 Å². The van der Waals surface area contributed by atoms with Gasteiger partial charge in [0.05, 0.1) is 5.92 Å². The zero-order chi connectivity index (χ0) is 15.0. The van der Waals surface area contributed by atoms with Crippen LogP contribution in [0.4, 0.5) is 13.2 Å². The second kappa shape index (κ2) is 8.71. The highest BCUT2D eigenvalue weighted by Crippen LogP contribution is 2.41. The van der Waals surface area contributed by atoms with Gasteiger partial charge in [0.25, 0.3) is 0 Å². The standard InChI is InChI=1S/C16H28F3N/c1-3-4-5-6-7-11-15(20-2)13-9-8-10-14(12-13)16(17,18)19/h3,13-15,20H,1,4-12H2,2H3. The Bertz CT molecular complexity index is 275. The van der Waals surface area contributed by atoms with Gasteiger partial charge in [-0.3, -0.25) is 0 Å². The molecule has 1 aliphatic rings.